The van der Waals surface area contributed by atoms with E-state index in [1.165, 1.54) is 38.2 Å². The normalized spacial score (nSPS) is 19.8. The maximum atomic E-state index is 13.8. The molecule has 3 heteroatoms. The van der Waals surface area contributed by atoms with E-state index in [1.54, 1.807) is 18.2 Å². The summed E-state index contributed by atoms with van der Waals surface area (Å²) >= 11 is 0. The van der Waals surface area contributed by atoms with Gasteiger partial charge in [-0.05, 0) is 30.4 Å². The molecule has 2 nitrogen and oxygen atoms in total. The highest BCUT2D eigenvalue weighted by Gasteiger charge is 2.24. The molecule has 0 saturated heterocycles. The molecule has 20 heavy (non-hydrogen) atoms. The predicted molar refractivity (Wildman–Crippen MR) is 80.0 cm³/mol. The van der Waals surface area contributed by atoms with E-state index in [2.05, 4.69) is 0 Å². The highest BCUT2D eigenvalue weighted by atomic mass is 19.1. The van der Waals surface area contributed by atoms with Gasteiger partial charge in [0, 0.05) is 12.5 Å². The van der Waals surface area contributed by atoms with E-state index >= 15 is 0 Å². The van der Waals surface area contributed by atoms with E-state index in [-0.39, 0.29) is 18.3 Å². The van der Waals surface area contributed by atoms with Gasteiger partial charge in [0.2, 0.25) is 0 Å². The molecule has 2 unspecified atom stereocenters. The topological polar surface area (TPSA) is 46.2 Å². The molecule has 0 spiro atoms. The minimum absolute atomic E-state index is 0.264. The van der Waals surface area contributed by atoms with Crippen LogP contribution in [-0.2, 0) is 0 Å². The van der Waals surface area contributed by atoms with E-state index in [0.29, 0.717) is 5.56 Å². The summed E-state index contributed by atoms with van der Waals surface area (Å²) < 4.78 is 13.8. The summed E-state index contributed by atoms with van der Waals surface area (Å²) in [5.74, 6) is 0.178. The number of rotatable bonds is 6. The number of benzene rings is 1. The van der Waals surface area contributed by atoms with Gasteiger partial charge in [0.15, 0.2) is 0 Å². The van der Waals surface area contributed by atoms with E-state index in [9.17, 15) is 9.50 Å². The van der Waals surface area contributed by atoms with Crippen molar-refractivity contribution in [2.45, 2.75) is 57.0 Å². The summed E-state index contributed by atoms with van der Waals surface area (Å²) in [5.41, 5.74) is 6.30. The van der Waals surface area contributed by atoms with Crippen molar-refractivity contribution in [2.75, 3.05) is 6.54 Å². The fourth-order valence-corrected chi connectivity index (χ4v) is 3.35. The van der Waals surface area contributed by atoms with Crippen LogP contribution in [0.4, 0.5) is 4.39 Å². The third-order valence-electron chi connectivity index (χ3n) is 4.62. The number of aliphatic hydroxyl groups is 1. The molecule has 0 heterocycles. The molecule has 3 N–H and O–H groups in total. The molecule has 0 radical (unpaired) electrons. The summed E-state index contributed by atoms with van der Waals surface area (Å²) in [6, 6.07) is 6.64. The van der Waals surface area contributed by atoms with E-state index in [0.717, 1.165) is 18.8 Å². The predicted octanol–water partition coefficient (Wildman–Crippen LogP) is 3.59. The summed E-state index contributed by atoms with van der Waals surface area (Å²) in [4.78, 5) is 0. The fraction of sp³-hybridized carbons (Fsp3) is 0.647. The first-order valence-corrected chi connectivity index (χ1v) is 7.85. The summed E-state index contributed by atoms with van der Waals surface area (Å²) in [7, 11) is 0. The standard InChI is InChI=1S/C17H26FNO/c18-16-9-5-4-8-14(16)15(12-19)17(20)11-10-13-6-2-1-3-7-13/h4-5,8-9,13,15,17,20H,1-3,6-7,10-12,19H2. The lowest BCUT2D eigenvalue weighted by Gasteiger charge is -2.26. The molecule has 1 aliphatic rings. The second kappa shape index (κ2) is 7.75. The van der Waals surface area contributed by atoms with Crippen LogP contribution in [0.25, 0.3) is 0 Å². The van der Waals surface area contributed by atoms with E-state index in [1.807, 2.05) is 0 Å². The molecular weight excluding hydrogens is 253 g/mol. The Labute approximate surface area is 121 Å². The van der Waals surface area contributed by atoms with E-state index < -0.39 is 6.10 Å². The lowest BCUT2D eigenvalue weighted by Crippen LogP contribution is -2.27. The van der Waals surface area contributed by atoms with Crippen LogP contribution in [0.3, 0.4) is 0 Å². The largest absolute Gasteiger partial charge is 0.392 e. The Kier molecular flexibility index (Phi) is 5.99. The average molecular weight is 279 g/mol. The van der Waals surface area contributed by atoms with Crippen LogP contribution in [0.1, 0.15) is 56.4 Å². The molecule has 0 amide bonds. The smallest absolute Gasteiger partial charge is 0.126 e. The Morgan fingerprint density at radius 2 is 1.90 bits per heavy atom. The van der Waals surface area contributed by atoms with Crippen molar-refractivity contribution in [3.63, 3.8) is 0 Å². The minimum atomic E-state index is -0.543. The van der Waals surface area contributed by atoms with Gasteiger partial charge in [-0.2, -0.15) is 0 Å². The molecule has 0 aliphatic heterocycles. The Morgan fingerprint density at radius 1 is 1.20 bits per heavy atom. The first-order chi connectivity index (χ1) is 9.72. The lowest BCUT2D eigenvalue weighted by atomic mass is 9.83. The van der Waals surface area contributed by atoms with Crippen LogP contribution in [-0.4, -0.2) is 17.8 Å². The van der Waals surface area contributed by atoms with Crippen molar-refractivity contribution in [2.24, 2.45) is 11.7 Å². The maximum absolute atomic E-state index is 13.8. The van der Waals surface area contributed by atoms with Crippen molar-refractivity contribution in [1.82, 2.24) is 0 Å². The second-order valence-electron chi connectivity index (χ2n) is 6.01. The molecule has 112 valence electrons. The number of aliphatic hydroxyl groups excluding tert-OH is 1. The molecule has 0 bridgehead atoms. The second-order valence-corrected chi connectivity index (χ2v) is 6.01. The lowest BCUT2D eigenvalue weighted by molar-refractivity contribution is 0.122. The van der Waals surface area contributed by atoms with Crippen LogP contribution < -0.4 is 5.73 Å². The quantitative estimate of drug-likeness (QED) is 0.836. The highest BCUT2D eigenvalue weighted by molar-refractivity contribution is 5.23. The number of nitrogens with two attached hydrogens (primary N) is 1. The third-order valence-corrected chi connectivity index (χ3v) is 4.62. The summed E-state index contributed by atoms with van der Waals surface area (Å²) in [5, 5.41) is 10.4. The van der Waals surface area contributed by atoms with Crippen LogP contribution in [0.2, 0.25) is 0 Å². The first kappa shape index (κ1) is 15.5. The first-order valence-electron chi connectivity index (χ1n) is 7.85. The number of hydrogen-bond acceptors (Lipinski definition) is 2. The highest BCUT2D eigenvalue weighted by Crippen LogP contribution is 2.30. The number of halogens is 1. The van der Waals surface area contributed by atoms with Crippen LogP contribution in [0, 0.1) is 11.7 Å². The van der Waals surface area contributed by atoms with Gasteiger partial charge in [-0.3, -0.25) is 0 Å². The molecule has 1 aromatic rings. The Hall–Kier alpha value is -0.930. The molecule has 2 rings (SSSR count). The van der Waals surface area contributed by atoms with Crippen molar-refractivity contribution in [1.29, 1.82) is 0 Å². The fourth-order valence-electron chi connectivity index (χ4n) is 3.35. The van der Waals surface area contributed by atoms with E-state index in [4.69, 9.17) is 5.73 Å². The third kappa shape index (κ3) is 4.03. The van der Waals surface area contributed by atoms with Crippen molar-refractivity contribution < 1.29 is 9.50 Å². The summed E-state index contributed by atoms with van der Waals surface area (Å²) in [6.07, 6.45) is 7.74. The van der Waals surface area contributed by atoms with Gasteiger partial charge in [0.1, 0.15) is 5.82 Å². The zero-order valence-electron chi connectivity index (χ0n) is 12.1. The zero-order valence-corrected chi connectivity index (χ0v) is 12.1. The van der Waals surface area contributed by atoms with Gasteiger partial charge in [0.05, 0.1) is 6.10 Å². The zero-order chi connectivity index (χ0) is 14.4. The maximum Gasteiger partial charge on any atom is 0.126 e. The molecular formula is C17H26FNO. The van der Waals surface area contributed by atoms with Crippen molar-refractivity contribution in [3.8, 4) is 0 Å². The molecule has 1 fully saturated rings. The average Bonchev–Trinajstić information content (AvgIpc) is 2.49. The summed E-state index contributed by atoms with van der Waals surface area (Å²) in [6.45, 7) is 0.284. The van der Waals surface area contributed by atoms with Gasteiger partial charge in [-0.1, -0.05) is 50.3 Å². The van der Waals surface area contributed by atoms with Gasteiger partial charge in [0.25, 0.3) is 0 Å². The molecule has 1 aromatic carbocycles. The Bertz CT molecular complexity index is 404. The molecule has 0 aromatic heterocycles. The van der Waals surface area contributed by atoms with Gasteiger partial charge in [-0.25, -0.2) is 4.39 Å². The van der Waals surface area contributed by atoms with Crippen LogP contribution in [0.15, 0.2) is 24.3 Å². The monoisotopic (exact) mass is 279 g/mol. The van der Waals surface area contributed by atoms with Crippen molar-refractivity contribution >= 4 is 0 Å². The van der Waals surface area contributed by atoms with Gasteiger partial charge in [-0.15, -0.1) is 0 Å². The van der Waals surface area contributed by atoms with Gasteiger partial charge < -0.3 is 10.8 Å². The SMILES string of the molecule is NCC(c1ccccc1F)C(O)CCC1CCCCC1. The molecule has 2 atom stereocenters. The van der Waals surface area contributed by atoms with Crippen LogP contribution >= 0.6 is 0 Å². The minimum Gasteiger partial charge on any atom is -0.392 e. The molecule has 1 aliphatic carbocycles. The Balaban J connectivity index is 1.91. The Morgan fingerprint density at radius 3 is 2.55 bits per heavy atom. The van der Waals surface area contributed by atoms with Crippen LogP contribution in [0.5, 0.6) is 0 Å². The van der Waals surface area contributed by atoms with Gasteiger partial charge >= 0.3 is 0 Å². The van der Waals surface area contributed by atoms with Crippen molar-refractivity contribution in [3.05, 3.63) is 35.6 Å². The molecule has 1 saturated carbocycles. The number of hydrogen-bond donors (Lipinski definition) is 2.